The Labute approximate surface area is 142 Å². The zero-order valence-corrected chi connectivity index (χ0v) is 13.9. The fourth-order valence-corrected chi connectivity index (χ4v) is 1.81. The Kier molecular flexibility index (Phi) is 8.81. The number of hydrogen-bond acceptors (Lipinski definition) is 10. The number of esters is 4. The molecule has 0 rings (SSSR count). The molecule has 0 heterocycles. The van der Waals surface area contributed by atoms with Crippen LogP contribution in [0.25, 0.3) is 0 Å². The van der Waals surface area contributed by atoms with Crippen LogP contribution in [0.2, 0.25) is 0 Å². The largest absolute Gasteiger partial charge is 0.478 e. The van der Waals surface area contributed by atoms with Crippen LogP contribution < -0.4 is 0 Å². The van der Waals surface area contributed by atoms with Crippen molar-refractivity contribution in [1.82, 2.24) is 0 Å². The van der Waals surface area contributed by atoms with Gasteiger partial charge in [-0.05, 0) is 0 Å². The monoisotopic (exact) mass is 362 g/mol. The molecule has 0 aliphatic rings. The van der Waals surface area contributed by atoms with Gasteiger partial charge >= 0.3 is 29.8 Å². The lowest BCUT2D eigenvalue weighted by atomic mass is 10.0. The second-order valence-corrected chi connectivity index (χ2v) is 4.73. The average Bonchev–Trinajstić information content (AvgIpc) is 2.45. The van der Waals surface area contributed by atoms with E-state index in [4.69, 9.17) is 9.47 Å². The molecule has 0 spiro atoms. The first-order valence-corrected chi connectivity index (χ1v) is 6.86. The molecule has 0 saturated carbocycles. The first-order valence-electron chi connectivity index (χ1n) is 6.86. The van der Waals surface area contributed by atoms with Crippen molar-refractivity contribution in [3.63, 3.8) is 0 Å². The first kappa shape index (κ1) is 22.0. The van der Waals surface area contributed by atoms with Gasteiger partial charge in [0.2, 0.25) is 6.10 Å². The maximum atomic E-state index is 11.4. The standard InChI is InChI=1S/C14H18O11/c1-6(16)22-10(5-15)11(23-7(2)17)12(24-8(3)18)13(14(20)21)25-9(4)19/h5,10-13H,1-4H3,(H,20,21)/t10-,11+,12-,13-/m0/s1. The zero-order chi connectivity index (χ0) is 19.7. The molecule has 0 fully saturated rings. The van der Waals surface area contributed by atoms with Crippen LogP contribution in [-0.4, -0.2) is 65.7 Å². The Morgan fingerprint density at radius 1 is 0.720 bits per heavy atom. The Morgan fingerprint density at radius 2 is 1.12 bits per heavy atom. The predicted octanol–water partition coefficient (Wildman–Crippen LogP) is -1.00. The van der Waals surface area contributed by atoms with Gasteiger partial charge in [0.05, 0.1) is 0 Å². The maximum Gasteiger partial charge on any atom is 0.349 e. The summed E-state index contributed by atoms with van der Waals surface area (Å²) in [4.78, 5) is 67.4. The SMILES string of the molecule is CC(=O)O[C@@H]([C@H](OC(C)=O)[C@H](OC(C)=O)C(=O)O)[C@H](C=O)OC(C)=O. The number of carboxylic acids is 1. The van der Waals surface area contributed by atoms with Gasteiger partial charge < -0.3 is 24.1 Å². The highest BCUT2D eigenvalue weighted by atomic mass is 16.6. The Bertz CT molecular complexity index is 553. The van der Waals surface area contributed by atoms with Crippen LogP contribution in [0.15, 0.2) is 0 Å². The summed E-state index contributed by atoms with van der Waals surface area (Å²) in [6.45, 7) is 3.68. The van der Waals surface area contributed by atoms with Gasteiger partial charge in [0.15, 0.2) is 24.6 Å². The fourth-order valence-electron chi connectivity index (χ4n) is 1.81. The van der Waals surface area contributed by atoms with Crippen molar-refractivity contribution in [2.75, 3.05) is 0 Å². The lowest BCUT2D eigenvalue weighted by molar-refractivity contribution is -0.201. The first-order chi connectivity index (χ1) is 11.5. The molecule has 0 aliphatic carbocycles. The number of carbonyl (C=O) groups is 6. The van der Waals surface area contributed by atoms with Gasteiger partial charge in [-0.15, -0.1) is 0 Å². The molecule has 25 heavy (non-hydrogen) atoms. The third-order valence-electron chi connectivity index (χ3n) is 2.52. The Hall–Kier alpha value is -2.98. The molecule has 0 unspecified atom stereocenters. The van der Waals surface area contributed by atoms with Crippen LogP contribution >= 0.6 is 0 Å². The van der Waals surface area contributed by atoms with Crippen molar-refractivity contribution in [1.29, 1.82) is 0 Å². The number of rotatable bonds is 9. The number of hydrogen-bond donors (Lipinski definition) is 1. The van der Waals surface area contributed by atoms with Crippen molar-refractivity contribution < 1.29 is 52.8 Å². The topological polar surface area (TPSA) is 160 Å². The van der Waals surface area contributed by atoms with E-state index in [2.05, 4.69) is 9.47 Å². The summed E-state index contributed by atoms with van der Waals surface area (Å²) in [5.41, 5.74) is 0. The molecule has 0 aromatic rings. The Balaban J connectivity index is 6.02. The normalized spacial score (nSPS) is 14.9. The lowest BCUT2D eigenvalue weighted by Gasteiger charge is -2.32. The summed E-state index contributed by atoms with van der Waals surface area (Å²) in [7, 11) is 0. The molecule has 0 aliphatic heterocycles. The fraction of sp³-hybridized carbons (Fsp3) is 0.571. The molecular formula is C14H18O11. The van der Waals surface area contributed by atoms with Crippen LogP contribution in [-0.2, 0) is 47.7 Å². The van der Waals surface area contributed by atoms with Crippen LogP contribution in [0.4, 0.5) is 0 Å². The van der Waals surface area contributed by atoms with Crippen molar-refractivity contribution in [3.8, 4) is 0 Å². The molecule has 140 valence electrons. The number of carboxylic acid groups (broad SMARTS) is 1. The van der Waals surface area contributed by atoms with Gasteiger partial charge in [0.1, 0.15) is 0 Å². The number of ether oxygens (including phenoxy) is 4. The number of carbonyl (C=O) groups excluding carboxylic acids is 5. The molecule has 11 nitrogen and oxygen atoms in total. The molecule has 11 heteroatoms. The Morgan fingerprint density at radius 3 is 1.44 bits per heavy atom. The second kappa shape index (κ2) is 10.0. The van der Waals surface area contributed by atoms with Crippen LogP contribution in [0.5, 0.6) is 0 Å². The van der Waals surface area contributed by atoms with Crippen molar-refractivity contribution >= 4 is 36.1 Å². The summed E-state index contributed by atoms with van der Waals surface area (Å²) in [5.74, 6) is -5.75. The number of aliphatic carboxylic acids is 1. The van der Waals surface area contributed by atoms with E-state index in [9.17, 15) is 33.9 Å². The molecule has 0 saturated heterocycles. The maximum absolute atomic E-state index is 11.4. The summed E-state index contributed by atoms with van der Waals surface area (Å²) in [6, 6.07) is 0. The van der Waals surface area contributed by atoms with Crippen LogP contribution in [0.1, 0.15) is 27.7 Å². The highest BCUT2D eigenvalue weighted by Crippen LogP contribution is 2.19. The van der Waals surface area contributed by atoms with E-state index in [0.29, 0.717) is 0 Å². The molecule has 1 N–H and O–H groups in total. The highest BCUT2D eigenvalue weighted by molar-refractivity contribution is 5.79. The smallest absolute Gasteiger partial charge is 0.349 e. The van der Waals surface area contributed by atoms with Gasteiger partial charge in [-0.1, -0.05) is 0 Å². The van der Waals surface area contributed by atoms with Crippen molar-refractivity contribution in [3.05, 3.63) is 0 Å². The predicted molar refractivity (Wildman–Crippen MR) is 75.9 cm³/mol. The van der Waals surface area contributed by atoms with E-state index in [1.54, 1.807) is 0 Å². The van der Waals surface area contributed by atoms with Crippen LogP contribution in [0.3, 0.4) is 0 Å². The minimum absolute atomic E-state index is 0.0538. The molecule has 4 atom stereocenters. The summed E-state index contributed by atoms with van der Waals surface area (Å²) in [5, 5.41) is 9.22. The molecule has 0 aromatic heterocycles. The van der Waals surface area contributed by atoms with Gasteiger partial charge in [-0.2, -0.15) is 0 Å². The third kappa shape index (κ3) is 7.90. The summed E-state index contributed by atoms with van der Waals surface area (Å²) in [6.07, 6.45) is -7.68. The minimum atomic E-state index is -2.12. The van der Waals surface area contributed by atoms with Gasteiger partial charge in [-0.25, -0.2) is 4.79 Å². The van der Waals surface area contributed by atoms with E-state index in [0.717, 1.165) is 27.7 Å². The van der Waals surface area contributed by atoms with E-state index in [1.165, 1.54) is 0 Å². The van der Waals surface area contributed by atoms with E-state index in [1.807, 2.05) is 0 Å². The molecular weight excluding hydrogens is 344 g/mol. The van der Waals surface area contributed by atoms with Crippen molar-refractivity contribution in [2.45, 2.75) is 52.1 Å². The van der Waals surface area contributed by atoms with Crippen LogP contribution in [0, 0.1) is 0 Å². The molecule has 0 bridgehead atoms. The van der Waals surface area contributed by atoms with E-state index in [-0.39, 0.29) is 6.29 Å². The third-order valence-corrected chi connectivity index (χ3v) is 2.52. The van der Waals surface area contributed by atoms with Gasteiger partial charge in [-0.3, -0.25) is 24.0 Å². The van der Waals surface area contributed by atoms with Crippen molar-refractivity contribution in [2.24, 2.45) is 0 Å². The average molecular weight is 362 g/mol. The second-order valence-electron chi connectivity index (χ2n) is 4.73. The molecule has 0 aromatic carbocycles. The van der Waals surface area contributed by atoms with E-state index < -0.39 is 54.3 Å². The highest BCUT2D eigenvalue weighted by Gasteiger charge is 2.46. The quantitative estimate of drug-likeness (QED) is 0.304. The van der Waals surface area contributed by atoms with Gasteiger partial charge in [0, 0.05) is 27.7 Å². The molecule has 0 amide bonds. The molecule has 0 radical (unpaired) electrons. The lowest BCUT2D eigenvalue weighted by Crippen LogP contribution is -2.54. The van der Waals surface area contributed by atoms with Gasteiger partial charge in [0.25, 0.3) is 0 Å². The summed E-state index contributed by atoms with van der Waals surface area (Å²) < 4.78 is 18.8. The zero-order valence-electron chi connectivity index (χ0n) is 13.9. The number of aldehydes is 1. The van der Waals surface area contributed by atoms with E-state index >= 15 is 0 Å². The summed E-state index contributed by atoms with van der Waals surface area (Å²) >= 11 is 0. The minimum Gasteiger partial charge on any atom is -0.478 e.